The Morgan fingerprint density at radius 1 is 1.10 bits per heavy atom. The second kappa shape index (κ2) is 9.50. The Morgan fingerprint density at radius 3 is 2.54 bits per heavy atom. The molecule has 1 atom stereocenters. The number of aromatic nitrogens is 5. The lowest BCUT2D eigenvalue weighted by Gasteiger charge is -2.33. The van der Waals surface area contributed by atoms with E-state index in [2.05, 4.69) is 14.9 Å². The molecule has 0 unspecified atom stereocenters. The third-order valence-corrected chi connectivity index (χ3v) is 7.69. The fourth-order valence-electron chi connectivity index (χ4n) is 5.83. The summed E-state index contributed by atoms with van der Waals surface area (Å²) in [5, 5.41) is 19.3. The average molecular weight is 535 g/mol. The molecule has 1 aliphatic heterocycles. The molecule has 2 aromatic carbocycles. The molecular weight excluding hydrogens is 500 g/mol. The van der Waals surface area contributed by atoms with Crippen LogP contribution in [0.5, 0.6) is 0 Å². The van der Waals surface area contributed by atoms with Crippen molar-refractivity contribution in [3.8, 4) is 11.3 Å². The molecule has 6 rings (SSSR count). The van der Waals surface area contributed by atoms with E-state index in [1.54, 1.807) is 31.4 Å². The number of pyridine rings is 1. The second-order valence-electron chi connectivity index (χ2n) is 10.7. The molecule has 7 nitrogen and oxygen atoms in total. The minimum atomic E-state index is -2.51. The van der Waals surface area contributed by atoms with Crippen molar-refractivity contribution in [1.29, 1.82) is 0 Å². The molecule has 0 amide bonds. The molecule has 1 N–H and O–H groups in total. The summed E-state index contributed by atoms with van der Waals surface area (Å²) in [6, 6.07) is 10.9. The van der Waals surface area contributed by atoms with Gasteiger partial charge in [-0.2, -0.15) is 0 Å². The molecule has 9 heteroatoms. The monoisotopic (exact) mass is 534 g/mol. The summed E-state index contributed by atoms with van der Waals surface area (Å²) in [5.41, 5.74) is 1.95. The summed E-state index contributed by atoms with van der Waals surface area (Å²) < 4.78 is 62.7. The van der Waals surface area contributed by atoms with Gasteiger partial charge in [0.1, 0.15) is 11.6 Å². The van der Waals surface area contributed by atoms with Crippen molar-refractivity contribution in [2.45, 2.75) is 45.2 Å². The van der Waals surface area contributed by atoms with Crippen LogP contribution in [0.2, 0.25) is 0 Å². The minimum absolute atomic E-state index is 0.0820. The molecule has 39 heavy (non-hydrogen) atoms. The Kier molecular flexibility index (Phi) is 5.40. The highest BCUT2D eigenvalue weighted by atomic mass is 19.1. The van der Waals surface area contributed by atoms with Crippen LogP contribution >= 0.6 is 0 Å². The first-order valence-corrected chi connectivity index (χ1v) is 12.9. The summed E-state index contributed by atoms with van der Waals surface area (Å²) in [6.45, 7) is 1.68. The largest absolute Gasteiger partial charge is 0.386 e. The fourth-order valence-corrected chi connectivity index (χ4v) is 5.83. The number of nitrogens with zero attached hydrogens (tertiary/aromatic N) is 5. The Balaban J connectivity index is 1.71. The van der Waals surface area contributed by atoms with Gasteiger partial charge >= 0.3 is 0 Å². The highest BCUT2D eigenvalue weighted by Gasteiger charge is 2.32. The SMILES string of the molecule is [2H]C([2H])([2H])c1nnn(C)c1-c1cnc2c3cc(F)c(C(C)(C)O)cc3n([C@H](c3ccc(F)cc3)C3CCOCC3)c2c1. The van der Waals surface area contributed by atoms with Gasteiger partial charge in [-0.15, -0.1) is 5.10 Å². The van der Waals surface area contributed by atoms with Gasteiger partial charge in [-0.1, -0.05) is 17.3 Å². The van der Waals surface area contributed by atoms with Crippen molar-refractivity contribution in [2.24, 2.45) is 13.0 Å². The molecule has 1 saturated heterocycles. The number of halogens is 2. The standard InChI is InChI=1S/C30H31F2N5O2/c1-17-28(36(4)35-34-17)20-13-26-27(33-16-20)22-14-24(32)23(30(2,3)38)15-25(22)37(26)29(19-9-11-39-12-10-19)18-5-7-21(31)8-6-18/h5-8,13-16,19,29,38H,9-12H2,1-4H3/t29-/m1/s1/i1D3. The van der Waals surface area contributed by atoms with Crippen LogP contribution in [-0.2, 0) is 17.4 Å². The van der Waals surface area contributed by atoms with E-state index in [1.807, 2.05) is 6.07 Å². The minimum Gasteiger partial charge on any atom is -0.386 e. The number of rotatable bonds is 5. The molecular formula is C30H31F2N5O2. The van der Waals surface area contributed by atoms with E-state index in [0.29, 0.717) is 46.4 Å². The van der Waals surface area contributed by atoms with E-state index >= 15 is 4.39 Å². The molecule has 5 aromatic rings. The maximum Gasteiger partial charge on any atom is 0.130 e. The van der Waals surface area contributed by atoms with Gasteiger partial charge in [0.05, 0.1) is 39.6 Å². The van der Waals surface area contributed by atoms with Crippen LogP contribution in [0.4, 0.5) is 8.78 Å². The van der Waals surface area contributed by atoms with Crippen molar-refractivity contribution >= 4 is 21.9 Å². The molecule has 0 spiro atoms. The number of ether oxygens (including phenoxy) is 1. The first kappa shape index (κ1) is 22.2. The summed E-state index contributed by atoms with van der Waals surface area (Å²) in [7, 11) is 1.62. The molecule has 3 aromatic heterocycles. The van der Waals surface area contributed by atoms with E-state index in [9.17, 15) is 9.50 Å². The van der Waals surface area contributed by atoms with E-state index in [4.69, 9.17) is 13.8 Å². The molecule has 1 fully saturated rings. The predicted octanol–water partition coefficient (Wildman–Crippen LogP) is 5.82. The lowest BCUT2D eigenvalue weighted by Crippen LogP contribution is -2.27. The zero-order valence-corrected chi connectivity index (χ0v) is 21.9. The topological polar surface area (TPSA) is 78.0 Å². The van der Waals surface area contributed by atoms with Crippen molar-refractivity contribution in [2.75, 3.05) is 13.2 Å². The first-order valence-electron chi connectivity index (χ1n) is 14.4. The number of aryl methyl sites for hydroxylation is 2. The molecule has 202 valence electrons. The molecule has 0 aliphatic carbocycles. The number of hydrogen-bond donors (Lipinski definition) is 1. The molecule has 0 radical (unpaired) electrons. The van der Waals surface area contributed by atoms with Crippen LogP contribution < -0.4 is 0 Å². The van der Waals surface area contributed by atoms with Crippen molar-refractivity contribution in [3.05, 3.63) is 77.1 Å². The quantitative estimate of drug-likeness (QED) is 0.308. The van der Waals surface area contributed by atoms with E-state index in [1.165, 1.54) is 36.7 Å². The van der Waals surface area contributed by atoms with Crippen molar-refractivity contribution < 1.29 is 22.7 Å². The van der Waals surface area contributed by atoms with Gasteiger partial charge in [-0.05, 0) is 75.4 Å². The van der Waals surface area contributed by atoms with E-state index in [-0.39, 0.29) is 29.0 Å². The number of hydrogen-bond acceptors (Lipinski definition) is 5. The third-order valence-electron chi connectivity index (χ3n) is 7.69. The van der Waals surface area contributed by atoms with E-state index in [0.717, 1.165) is 18.4 Å². The van der Waals surface area contributed by atoms with Crippen molar-refractivity contribution in [3.63, 3.8) is 0 Å². The second-order valence-corrected chi connectivity index (χ2v) is 10.7. The smallest absolute Gasteiger partial charge is 0.130 e. The van der Waals surface area contributed by atoms with Crippen molar-refractivity contribution in [1.82, 2.24) is 24.5 Å². The lowest BCUT2D eigenvalue weighted by atomic mass is 9.86. The first-order chi connectivity index (χ1) is 19.8. The Bertz CT molecular complexity index is 1790. The molecule has 0 saturated carbocycles. The van der Waals surface area contributed by atoms with Gasteiger partial charge in [0.15, 0.2) is 0 Å². The van der Waals surface area contributed by atoms with Crippen LogP contribution in [0.1, 0.15) is 53.7 Å². The normalized spacial score (nSPS) is 17.3. The van der Waals surface area contributed by atoms with Crippen LogP contribution in [-0.4, -0.2) is 42.9 Å². The summed E-state index contributed by atoms with van der Waals surface area (Å²) in [4.78, 5) is 4.73. The number of aliphatic hydroxyl groups is 1. The molecule has 1 aliphatic rings. The van der Waals surface area contributed by atoms with Crippen LogP contribution in [0.3, 0.4) is 0 Å². The maximum atomic E-state index is 15.5. The van der Waals surface area contributed by atoms with Gasteiger partial charge < -0.3 is 14.4 Å². The zero-order valence-electron chi connectivity index (χ0n) is 24.9. The Morgan fingerprint density at radius 2 is 1.85 bits per heavy atom. The average Bonchev–Trinajstić information content (AvgIpc) is 3.47. The Labute approximate surface area is 229 Å². The number of benzene rings is 2. The third kappa shape index (κ3) is 4.39. The molecule has 4 heterocycles. The Hall–Kier alpha value is -3.69. The fraction of sp³-hybridized carbons (Fsp3) is 0.367. The van der Waals surface area contributed by atoms with Gasteiger partial charge in [-0.3, -0.25) is 4.98 Å². The van der Waals surface area contributed by atoms with Gasteiger partial charge in [-0.25, -0.2) is 13.5 Å². The van der Waals surface area contributed by atoms with E-state index < -0.39 is 18.3 Å². The highest BCUT2D eigenvalue weighted by Crippen LogP contribution is 2.42. The van der Waals surface area contributed by atoms with Gasteiger partial charge in [0, 0.05) is 47.1 Å². The summed E-state index contributed by atoms with van der Waals surface area (Å²) in [6.07, 6.45) is 3.03. The summed E-state index contributed by atoms with van der Waals surface area (Å²) >= 11 is 0. The van der Waals surface area contributed by atoms with Gasteiger partial charge in [0.25, 0.3) is 0 Å². The zero-order chi connectivity index (χ0) is 30.0. The molecule has 0 bridgehead atoms. The van der Waals surface area contributed by atoms with Crippen LogP contribution in [0.25, 0.3) is 33.2 Å². The van der Waals surface area contributed by atoms with Crippen LogP contribution in [0, 0.1) is 24.4 Å². The number of fused-ring (bicyclic) bond motifs is 3. The van der Waals surface area contributed by atoms with Gasteiger partial charge in [0.2, 0.25) is 0 Å². The highest BCUT2D eigenvalue weighted by molar-refractivity contribution is 6.07. The van der Waals surface area contributed by atoms with Crippen LogP contribution in [0.15, 0.2) is 48.7 Å². The predicted molar refractivity (Wildman–Crippen MR) is 145 cm³/mol. The summed E-state index contributed by atoms with van der Waals surface area (Å²) in [5.74, 6) is -0.841. The lowest BCUT2D eigenvalue weighted by molar-refractivity contribution is 0.0552. The maximum absolute atomic E-state index is 15.5.